The highest BCUT2D eigenvalue weighted by atomic mass is 35.5. The molecule has 0 bridgehead atoms. The van der Waals surface area contributed by atoms with E-state index in [0.29, 0.717) is 19.5 Å². The van der Waals surface area contributed by atoms with Gasteiger partial charge in [0.2, 0.25) is 5.91 Å². The number of para-hydroxylation sites is 1. The van der Waals surface area contributed by atoms with Crippen molar-refractivity contribution in [3.05, 3.63) is 111 Å². The van der Waals surface area contributed by atoms with Gasteiger partial charge in [-0.15, -0.1) is 0 Å². The van der Waals surface area contributed by atoms with Gasteiger partial charge in [-0.2, -0.15) is 0 Å². The van der Waals surface area contributed by atoms with Crippen LogP contribution in [-0.4, -0.2) is 53.1 Å². The van der Waals surface area contributed by atoms with Crippen LogP contribution in [-0.2, 0) is 11.3 Å². The van der Waals surface area contributed by atoms with Gasteiger partial charge in [0.1, 0.15) is 5.58 Å². The van der Waals surface area contributed by atoms with Crippen LogP contribution in [0.2, 0.25) is 5.02 Å². The number of carbonyl (C=O) groups is 2. The molecule has 4 aromatic rings. The number of halogens is 1. The highest BCUT2D eigenvalue weighted by Crippen LogP contribution is 2.30. The number of hydrogen-bond acceptors (Lipinski definition) is 7. The Morgan fingerprint density at radius 2 is 1.65 bits per heavy atom. The number of aromatic hydroxyl groups is 2. The maximum Gasteiger partial charge on any atom is 0.287 e. The van der Waals surface area contributed by atoms with Crippen LogP contribution in [0.25, 0.3) is 11.0 Å². The van der Waals surface area contributed by atoms with Crippen molar-refractivity contribution in [2.45, 2.75) is 45.6 Å². The maximum atomic E-state index is 12.6. The van der Waals surface area contributed by atoms with Gasteiger partial charge < -0.3 is 29.7 Å². The van der Waals surface area contributed by atoms with Crippen LogP contribution in [0, 0.1) is 6.92 Å². The minimum atomic E-state index is -0.535. The number of anilines is 1. The van der Waals surface area contributed by atoms with Crippen molar-refractivity contribution in [2.75, 3.05) is 31.1 Å². The summed E-state index contributed by atoms with van der Waals surface area (Å²) in [6.07, 6.45) is 6.39. The monoisotopic (exact) mass is 643 g/mol. The van der Waals surface area contributed by atoms with E-state index in [1.54, 1.807) is 0 Å². The summed E-state index contributed by atoms with van der Waals surface area (Å²) >= 11 is 5.61. The van der Waals surface area contributed by atoms with E-state index in [1.165, 1.54) is 22.4 Å². The van der Waals surface area contributed by atoms with E-state index in [4.69, 9.17) is 16.0 Å². The molecule has 0 unspecified atom stereocenters. The summed E-state index contributed by atoms with van der Waals surface area (Å²) in [7, 11) is 0. The summed E-state index contributed by atoms with van der Waals surface area (Å²) in [6.45, 7) is 5.49. The Kier molecular flexibility index (Phi) is 10.6. The molecule has 240 valence electrons. The number of nitrogens with one attached hydrogen (secondary N) is 1. The molecule has 0 saturated carbocycles. The zero-order valence-electron chi connectivity index (χ0n) is 25.8. The number of amides is 2. The van der Waals surface area contributed by atoms with Gasteiger partial charge >= 0.3 is 0 Å². The highest BCUT2D eigenvalue weighted by Gasteiger charge is 2.22. The molecule has 0 radical (unpaired) electrons. The Labute approximate surface area is 272 Å². The fraction of sp³-hybridized carbons (Fsp3) is 0.306. The van der Waals surface area contributed by atoms with Gasteiger partial charge in [-0.25, -0.2) is 0 Å². The maximum absolute atomic E-state index is 12.6. The number of likely N-dealkylation sites (tertiary alicyclic amines) is 1. The van der Waals surface area contributed by atoms with Gasteiger partial charge in [-0.3, -0.25) is 14.4 Å². The van der Waals surface area contributed by atoms with Crippen molar-refractivity contribution >= 4 is 40.1 Å². The second kappa shape index (κ2) is 15.0. The van der Waals surface area contributed by atoms with Crippen LogP contribution in [0.5, 0.6) is 11.5 Å². The molecule has 2 saturated heterocycles. The lowest BCUT2D eigenvalue weighted by atomic mass is 10.0. The lowest BCUT2D eigenvalue weighted by Crippen LogP contribution is -2.36. The number of carbonyl (C=O) groups excluding carboxylic acids is 2. The van der Waals surface area contributed by atoms with E-state index in [-0.39, 0.29) is 22.6 Å². The fourth-order valence-electron chi connectivity index (χ4n) is 5.63. The first-order valence-corrected chi connectivity index (χ1v) is 15.8. The molecule has 2 amide bonds. The van der Waals surface area contributed by atoms with Crippen LogP contribution in [0.3, 0.4) is 0 Å². The van der Waals surface area contributed by atoms with E-state index >= 15 is 0 Å². The molecule has 10 heteroatoms. The van der Waals surface area contributed by atoms with Gasteiger partial charge in [-0.1, -0.05) is 59.1 Å². The van der Waals surface area contributed by atoms with Gasteiger partial charge in [0.05, 0.1) is 5.39 Å². The first kappa shape index (κ1) is 32.6. The number of rotatable bonds is 6. The molecule has 1 aromatic heterocycles. The second-order valence-corrected chi connectivity index (χ2v) is 12.0. The van der Waals surface area contributed by atoms with Crippen LogP contribution in [0.15, 0.2) is 87.6 Å². The molecular weight excluding hydrogens is 606 g/mol. The van der Waals surface area contributed by atoms with E-state index in [1.807, 2.05) is 54.3 Å². The summed E-state index contributed by atoms with van der Waals surface area (Å²) in [6, 6.07) is 19.3. The Morgan fingerprint density at radius 1 is 0.935 bits per heavy atom. The summed E-state index contributed by atoms with van der Waals surface area (Å²) in [4.78, 5) is 41.5. The summed E-state index contributed by atoms with van der Waals surface area (Å²) in [5.74, 6) is -1.33. The number of phenols is 2. The van der Waals surface area contributed by atoms with Gasteiger partial charge in [0, 0.05) is 62.0 Å². The largest absolute Gasteiger partial charge is 0.504 e. The van der Waals surface area contributed by atoms with Crippen LogP contribution >= 0.6 is 11.6 Å². The molecular formula is C36H38ClN3O6. The quantitative estimate of drug-likeness (QED) is 0.166. The number of piperidine rings is 2. The Bertz CT molecular complexity index is 1770. The second-order valence-electron chi connectivity index (χ2n) is 11.6. The molecule has 6 rings (SSSR count). The first-order valence-electron chi connectivity index (χ1n) is 15.5. The normalized spacial score (nSPS) is 14.9. The minimum absolute atomic E-state index is 0.0219. The predicted octanol–water partition coefficient (Wildman–Crippen LogP) is 6.32. The van der Waals surface area contributed by atoms with Crippen molar-refractivity contribution in [2.24, 2.45) is 0 Å². The minimum Gasteiger partial charge on any atom is -0.504 e. The van der Waals surface area contributed by atoms with Crippen LogP contribution in [0.4, 0.5) is 5.69 Å². The predicted molar refractivity (Wildman–Crippen MR) is 180 cm³/mol. The fourth-order valence-corrected chi connectivity index (χ4v) is 5.75. The Hall–Kier alpha value is -4.76. The van der Waals surface area contributed by atoms with E-state index in [2.05, 4.69) is 22.3 Å². The number of aryl methyl sites for hydroxylation is 1. The van der Waals surface area contributed by atoms with E-state index in [0.717, 1.165) is 68.5 Å². The van der Waals surface area contributed by atoms with Gasteiger partial charge in [0.15, 0.2) is 22.7 Å². The third-order valence-corrected chi connectivity index (χ3v) is 8.48. The lowest BCUT2D eigenvalue weighted by Gasteiger charge is -2.34. The Morgan fingerprint density at radius 3 is 2.37 bits per heavy atom. The average molecular weight is 644 g/mol. The highest BCUT2D eigenvalue weighted by molar-refractivity contribution is 6.30. The first-order chi connectivity index (χ1) is 22.2. The SMILES string of the molecule is Cc1ccc(Cl)cc1.O=C(NCC=C1CCN(c2ccccc2CN2CCCCC2=O)CC1)c1cc(=O)c2cc(O)c(O)cc2o1. The smallest absolute Gasteiger partial charge is 0.287 e. The molecule has 2 aliphatic heterocycles. The number of phenolic OH excluding ortho intramolecular Hbond substituents is 2. The topological polar surface area (TPSA) is 123 Å². The standard InChI is InChI=1S/C29H31N3O6.C7H7Cl/c33-23-16-27(38-26-17-25(35)24(34)15-21(23)26)29(37)30-11-8-19-9-13-31(14-10-19)22-6-2-1-5-20(22)18-32-12-4-3-7-28(32)36;1-6-2-4-7(8)5-3-6/h1-2,5-6,8,15-17,34-35H,3-4,7,9-14,18H2,(H,30,37);2-5H,1H3. The molecule has 3 heterocycles. The van der Waals surface area contributed by atoms with Gasteiger partial charge in [-0.05, 0) is 62.4 Å². The average Bonchev–Trinajstić information content (AvgIpc) is 3.05. The molecule has 46 heavy (non-hydrogen) atoms. The van der Waals surface area contributed by atoms with Crippen molar-refractivity contribution in [1.29, 1.82) is 0 Å². The lowest BCUT2D eigenvalue weighted by molar-refractivity contribution is -0.133. The Balaban J connectivity index is 0.000000455. The summed E-state index contributed by atoms with van der Waals surface area (Å²) < 4.78 is 5.48. The third kappa shape index (κ3) is 8.28. The molecule has 0 spiro atoms. The number of hydrogen-bond donors (Lipinski definition) is 3. The van der Waals surface area contributed by atoms with Gasteiger partial charge in [0.25, 0.3) is 5.91 Å². The molecule has 3 aromatic carbocycles. The molecule has 3 N–H and O–H groups in total. The van der Waals surface area contributed by atoms with Crippen molar-refractivity contribution < 1.29 is 24.2 Å². The van der Waals surface area contributed by atoms with Crippen LogP contribution in [0.1, 0.15) is 53.8 Å². The summed E-state index contributed by atoms with van der Waals surface area (Å²) in [5, 5.41) is 22.9. The summed E-state index contributed by atoms with van der Waals surface area (Å²) in [5.41, 5.74) is 4.36. The number of fused-ring (bicyclic) bond motifs is 1. The molecule has 9 nitrogen and oxygen atoms in total. The number of benzene rings is 3. The van der Waals surface area contributed by atoms with Crippen molar-refractivity contribution in [3.8, 4) is 11.5 Å². The van der Waals surface area contributed by atoms with E-state index < -0.39 is 22.8 Å². The van der Waals surface area contributed by atoms with Crippen molar-refractivity contribution in [3.63, 3.8) is 0 Å². The van der Waals surface area contributed by atoms with Crippen molar-refractivity contribution in [1.82, 2.24) is 10.2 Å². The molecule has 2 aliphatic rings. The zero-order chi connectivity index (χ0) is 32.6. The molecule has 0 aliphatic carbocycles. The molecule has 0 atom stereocenters. The van der Waals surface area contributed by atoms with Crippen LogP contribution < -0.4 is 15.6 Å². The molecule has 2 fully saturated rings. The zero-order valence-corrected chi connectivity index (χ0v) is 26.6. The third-order valence-electron chi connectivity index (χ3n) is 8.23. The van der Waals surface area contributed by atoms with E-state index in [9.17, 15) is 24.6 Å². The number of nitrogens with zero attached hydrogens (tertiary/aromatic N) is 2.